The number of anilines is 2. The third-order valence-corrected chi connectivity index (χ3v) is 4.82. The van der Waals surface area contributed by atoms with Gasteiger partial charge >= 0.3 is 0 Å². The molecule has 1 amide bonds. The van der Waals surface area contributed by atoms with Gasteiger partial charge in [0.15, 0.2) is 9.84 Å². The number of nitrogen functional groups attached to an aromatic ring is 1. The predicted molar refractivity (Wildman–Crippen MR) is 83.2 cm³/mol. The largest absolute Gasteiger partial charge is 0.396 e. The molecule has 0 bridgehead atoms. The number of hydrogen-bond donors (Lipinski definition) is 3. The first-order chi connectivity index (χ1) is 9.18. The molecule has 0 atom stereocenters. The minimum Gasteiger partial charge on any atom is -0.396 e. The van der Waals surface area contributed by atoms with Crippen LogP contribution >= 0.6 is 11.3 Å². The van der Waals surface area contributed by atoms with Gasteiger partial charge in [0.25, 0.3) is 5.91 Å². The maximum absolute atomic E-state index is 11.9. The first-order valence-corrected chi connectivity index (χ1v) is 8.68. The van der Waals surface area contributed by atoms with Crippen LogP contribution in [0.15, 0.2) is 17.0 Å². The lowest BCUT2D eigenvalue weighted by Gasteiger charge is -2.06. The van der Waals surface area contributed by atoms with Crippen molar-refractivity contribution in [2.75, 3.05) is 30.4 Å². The van der Waals surface area contributed by atoms with Crippen molar-refractivity contribution in [2.45, 2.75) is 18.7 Å². The van der Waals surface area contributed by atoms with E-state index in [1.807, 2.05) is 6.92 Å². The van der Waals surface area contributed by atoms with E-state index in [0.29, 0.717) is 18.1 Å². The third kappa shape index (κ3) is 3.73. The van der Waals surface area contributed by atoms with Gasteiger partial charge in [0.1, 0.15) is 14.8 Å². The highest BCUT2D eigenvalue weighted by molar-refractivity contribution is 7.91. The summed E-state index contributed by atoms with van der Waals surface area (Å²) in [6.45, 7) is 8.19. The van der Waals surface area contributed by atoms with Gasteiger partial charge in [-0.3, -0.25) is 4.79 Å². The quantitative estimate of drug-likeness (QED) is 0.690. The molecule has 20 heavy (non-hydrogen) atoms. The van der Waals surface area contributed by atoms with Crippen LogP contribution in [-0.4, -0.2) is 33.7 Å². The second-order valence-corrected chi connectivity index (χ2v) is 7.42. The SMILES string of the molecule is C=C(C)CNc1sc(C(=O)NCC)c(N)c1S(C)(=O)=O. The van der Waals surface area contributed by atoms with Crippen molar-refractivity contribution in [1.82, 2.24) is 5.32 Å². The van der Waals surface area contributed by atoms with Crippen LogP contribution in [0.25, 0.3) is 0 Å². The highest BCUT2D eigenvalue weighted by atomic mass is 32.2. The van der Waals surface area contributed by atoms with Gasteiger partial charge in [-0.25, -0.2) is 8.42 Å². The summed E-state index contributed by atoms with van der Waals surface area (Å²) >= 11 is 1.03. The Labute approximate surface area is 123 Å². The lowest BCUT2D eigenvalue weighted by Crippen LogP contribution is -2.22. The summed E-state index contributed by atoms with van der Waals surface area (Å²) in [5.74, 6) is -0.372. The average Bonchev–Trinajstić information content (AvgIpc) is 2.63. The number of carbonyl (C=O) groups is 1. The highest BCUT2D eigenvalue weighted by Gasteiger charge is 2.26. The fourth-order valence-corrected chi connectivity index (χ4v) is 4.04. The third-order valence-electron chi connectivity index (χ3n) is 2.36. The Kier molecular flexibility index (Phi) is 5.18. The molecule has 0 saturated heterocycles. The molecule has 1 rings (SSSR count). The monoisotopic (exact) mass is 317 g/mol. The number of carbonyl (C=O) groups excluding carboxylic acids is 1. The number of amides is 1. The maximum atomic E-state index is 11.9. The first-order valence-electron chi connectivity index (χ1n) is 5.97. The molecule has 0 aliphatic heterocycles. The first kappa shape index (κ1) is 16.5. The number of sulfone groups is 1. The number of hydrogen-bond acceptors (Lipinski definition) is 6. The van der Waals surface area contributed by atoms with Crippen molar-refractivity contribution in [3.63, 3.8) is 0 Å². The van der Waals surface area contributed by atoms with Gasteiger partial charge in [-0.1, -0.05) is 12.2 Å². The van der Waals surface area contributed by atoms with Crippen LogP contribution in [0.4, 0.5) is 10.7 Å². The molecule has 6 nitrogen and oxygen atoms in total. The summed E-state index contributed by atoms with van der Waals surface area (Å²) in [6.07, 6.45) is 1.07. The van der Waals surface area contributed by atoms with E-state index in [1.165, 1.54) is 0 Å². The number of nitrogens with two attached hydrogens (primary N) is 1. The molecule has 0 radical (unpaired) electrons. The van der Waals surface area contributed by atoms with E-state index in [9.17, 15) is 13.2 Å². The summed E-state index contributed by atoms with van der Waals surface area (Å²) in [7, 11) is -3.53. The van der Waals surface area contributed by atoms with Crippen LogP contribution in [0.3, 0.4) is 0 Å². The Morgan fingerprint density at radius 3 is 2.50 bits per heavy atom. The minimum absolute atomic E-state index is 0.00679. The Balaban J connectivity index is 3.31. The van der Waals surface area contributed by atoms with Gasteiger partial charge < -0.3 is 16.4 Å². The number of nitrogens with one attached hydrogen (secondary N) is 2. The molecule has 0 aliphatic carbocycles. The minimum atomic E-state index is -3.53. The Morgan fingerprint density at radius 2 is 2.05 bits per heavy atom. The second-order valence-electron chi connectivity index (χ2n) is 4.45. The predicted octanol–water partition coefficient (Wildman–Crippen LogP) is 1.47. The smallest absolute Gasteiger partial charge is 0.263 e. The van der Waals surface area contributed by atoms with E-state index >= 15 is 0 Å². The zero-order chi connectivity index (χ0) is 15.5. The molecular weight excluding hydrogens is 298 g/mol. The molecule has 1 heterocycles. The lowest BCUT2D eigenvalue weighted by atomic mass is 10.3. The zero-order valence-corrected chi connectivity index (χ0v) is 13.4. The van der Waals surface area contributed by atoms with Crippen molar-refractivity contribution >= 4 is 37.8 Å². The maximum Gasteiger partial charge on any atom is 0.263 e. The van der Waals surface area contributed by atoms with Crippen molar-refractivity contribution in [1.29, 1.82) is 0 Å². The second kappa shape index (κ2) is 6.27. The van der Waals surface area contributed by atoms with Gasteiger partial charge in [0.05, 0.1) is 5.69 Å². The molecule has 0 saturated carbocycles. The molecule has 0 aromatic carbocycles. The van der Waals surface area contributed by atoms with Gasteiger partial charge in [-0.05, 0) is 13.8 Å². The summed E-state index contributed by atoms with van der Waals surface area (Å²) in [5.41, 5.74) is 6.67. The molecular formula is C12H19N3O3S2. The Morgan fingerprint density at radius 1 is 1.45 bits per heavy atom. The van der Waals surface area contributed by atoms with Crippen molar-refractivity contribution in [2.24, 2.45) is 0 Å². The van der Waals surface area contributed by atoms with E-state index in [2.05, 4.69) is 17.2 Å². The van der Waals surface area contributed by atoms with Crippen LogP contribution in [0.5, 0.6) is 0 Å². The lowest BCUT2D eigenvalue weighted by molar-refractivity contribution is 0.0960. The number of rotatable bonds is 6. The van der Waals surface area contributed by atoms with Gasteiger partial charge in [0, 0.05) is 19.3 Å². The molecule has 0 aliphatic rings. The van der Waals surface area contributed by atoms with Crippen molar-refractivity contribution in [3.05, 3.63) is 17.0 Å². The van der Waals surface area contributed by atoms with Gasteiger partial charge in [-0.2, -0.15) is 0 Å². The zero-order valence-electron chi connectivity index (χ0n) is 11.7. The van der Waals surface area contributed by atoms with Crippen LogP contribution in [0.1, 0.15) is 23.5 Å². The number of thiophene rings is 1. The molecule has 8 heteroatoms. The Hall–Kier alpha value is -1.54. The van der Waals surface area contributed by atoms with Crippen LogP contribution < -0.4 is 16.4 Å². The molecule has 0 unspecified atom stereocenters. The summed E-state index contributed by atoms with van der Waals surface area (Å²) in [4.78, 5) is 12.1. The average molecular weight is 317 g/mol. The van der Waals surface area contributed by atoms with Gasteiger partial charge in [-0.15, -0.1) is 11.3 Å². The Bertz CT molecular complexity index is 633. The fraction of sp³-hybridized carbons (Fsp3) is 0.417. The molecule has 1 aromatic rings. The van der Waals surface area contributed by atoms with Gasteiger partial charge in [0.2, 0.25) is 0 Å². The highest BCUT2D eigenvalue weighted by Crippen LogP contribution is 2.39. The van der Waals surface area contributed by atoms with Crippen molar-refractivity contribution < 1.29 is 13.2 Å². The molecule has 0 spiro atoms. The van der Waals surface area contributed by atoms with E-state index < -0.39 is 9.84 Å². The standard InChI is InChI=1S/C12H19N3O3S2/c1-5-14-11(16)9-8(13)10(20(4,17)18)12(19-9)15-6-7(2)3/h15H,2,5-6,13H2,1,3-4H3,(H,14,16). The van der Waals surface area contributed by atoms with E-state index in [4.69, 9.17) is 5.73 Å². The molecule has 112 valence electrons. The van der Waals surface area contributed by atoms with Crippen LogP contribution in [0.2, 0.25) is 0 Å². The molecule has 1 aromatic heterocycles. The topological polar surface area (TPSA) is 101 Å². The van der Waals surface area contributed by atoms with Crippen LogP contribution in [0, 0.1) is 0 Å². The molecule has 0 fully saturated rings. The van der Waals surface area contributed by atoms with Crippen molar-refractivity contribution in [3.8, 4) is 0 Å². The molecule has 4 N–H and O–H groups in total. The van der Waals surface area contributed by atoms with Crippen LogP contribution in [-0.2, 0) is 9.84 Å². The van der Waals surface area contributed by atoms with E-state index in [1.54, 1.807) is 6.92 Å². The summed E-state index contributed by atoms with van der Waals surface area (Å²) in [5, 5.41) is 5.94. The summed E-state index contributed by atoms with van der Waals surface area (Å²) < 4.78 is 23.7. The van der Waals surface area contributed by atoms with E-state index in [-0.39, 0.29) is 21.4 Å². The summed E-state index contributed by atoms with van der Waals surface area (Å²) in [6, 6.07) is 0. The fourth-order valence-electron chi connectivity index (χ4n) is 1.55. The van der Waals surface area contributed by atoms with E-state index in [0.717, 1.165) is 23.2 Å². The normalized spacial score (nSPS) is 11.2.